The standard InChI is InChI=1S/C14H18O2/c1-2-3-4-5-12-6-8-13(9-7-12)10-11-14(15)16/h6-11H,2-5H2,1H3,(H,15,16)/b11-10+. The van der Waals surface area contributed by atoms with Crippen LogP contribution in [0.2, 0.25) is 0 Å². The number of aliphatic carboxylic acids is 1. The van der Waals surface area contributed by atoms with E-state index in [2.05, 4.69) is 19.1 Å². The number of carbonyl (C=O) groups is 1. The van der Waals surface area contributed by atoms with Gasteiger partial charge in [0, 0.05) is 6.08 Å². The van der Waals surface area contributed by atoms with Gasteiger partial charge in [0.15, 0.2) is 0 Å². The van der Waals surface area contributed by atoms with Gasteiger partial charge in [-0.25, -0.2) is 4.79 Å². The fourth-order valence-electron chi connectivity index (χ4n) is 1.54. The summed E-state index contributed by atoms with van der Waals surface area (Å²) in [5, 5.41) is 8.49. The van der Waals surface area contributed by atoms with Crippen molar-refractivity contribution >= 4 is 12.0 Å². The van der Waals surface area contributed by atoms with Crippen LogP contribution in [0.1, 0.15) is 37.3 Å². The van der Waals surface area contributed by atoms with Crippen LogP contribution < -0.4 is 0 Å². The fraction of sp³-hybridized carbons (Fsp3) is 0.357. The first-order valence-electron chi connectivity index (χ1n) is 5.72. The zero-order chi connectivity index (χ0) is 11.8. The van der Waals surface area contributed by atoms with Gasteiger partial charge in [-0.2, -0.15) is 0 Å². The van der Waals surface area contributed by atoms with Crippen LogP contribution in [-0.4, -0.2) is 11.1 Å². The first-order chi connectivity index (χ1) is 7.72. The molecule has 16 heavy (non-hydrogen) atoms. The quantitative estimate of drug-likeness (QED) is 0.586. The van der Waals surface area contributed by atoms with Crippen LogP contribution in [-0.2, 0) is 11.2 Å². The number of carboxylic acid groups (broad SMARTS) is 1. The highest BCUT2D eigenvalue weighted by atomic mass is 16.4. The minimum atomic E-state index is -0.910. The maximum Gasteiger partial charge on any atom is 0.328 e. The summed E-state index contributed by atoms with van der Waals surface area (Å²) in [5.41, 5.74) is 2.25. The molecule has 0 spiro atoms. The summed E-state index contributed by atoms with van der Waals surface area (Å²) >= 11 is 0. The van der Waals surface area contributed by atoms with Gasteiger partial charge < -0.3 is 5.11 Å². The first kappa shape index (κ1) is 12.5. The minimum absolute atomic E-state index is 0.910. The Morgan fingerprint density at radius 3 is 2.50 bits per heavy atom. The third-order valence-electron chi connectivity index (χ3n) is 2.47. The molecule has 1 rings (SSSR count). The summed E-state index contributed by atoms with van der Waals surface area (Å²) < 4.78 is 0. The Bertz CT molecular complexity index is 350. The van der Waals surface area contributed by atoms with E-state index in [9.17, 15) is 4.79 Å². The molecule has 0 heterocycles. The molecule has 0 bridgehead atoms. The lowest BCUT2D eigenvalue weighted by molar-refractivity contribution is -0.131. The fourth-order valence-corrected chi connectivity index (χ4v) is 1.54. The van der Waals surface area contributed by atoms with Crippen molar-refractivity contribution in [1.29, 1.82) is 0 Å². The van der Waals surface area contributed by atoms with Crippen LogP contribution in [0, 0.1) is 0 Å². The number of rotatable bonds is 6. The van der Waals surface area contributed by atoms with Crippen LogP contribution >= 0.6 is 0 Å². The van der Waals surface area contributed by atoms with Crippen molar-refractivity contribution in [2.24, 2.45) is 0 Å². The SMILES string of the molecule is CCCCCc1ccc(/C=C/C(=O)O)cc1. The maximum absolute atomic E-state index is 10.3. The van der Waals surface area contributed by atoms with Crippen LogP contribution in [0.3, 0.4) is 0 Å². The third kappa shape index (κ3) is 4.78. The normalized spacial score (nSPS) is 10.8. The number of hydrogen-bond acceptors (Lipinski definition) is 1. The van der Waals surface area contributed by atoms with Crippen LogP contribution in [0.4, 0.5) is 0 Å². The predicted octanol–water partition coefficient (Wildman–Crippen LogP) is 3.52. The molecule has 0 radical (unpaired) electrons. The predicted molar refractivity (Wildman–Crippen MR) is 66.3 cm³/mol. The Labute approximate surface area is 96.6 Å². The highest BCUT2D eigenvalue weighted by molar-refractivity contribution is 5.85. The lowest BCUT2D eigenvalue weighted by atomic mass is 10.1. The Balaban J connectivity index is 2.51. The smallest absolute Gasteiger partial charge is 0.328 e. The maximum atomic E-state index is 10.3. The Morgan fingerprint density at radius 1 is 1.25 bits per heavy atom. The Morgan fingerprint density at radius 2 is 1.94 bits per heavy atom. The van der Waals surface area contributed by atoms with E-state index in [0.29, 0.717) is 0 Å². The van der Waals surface area contributed by atoms with Gasteiger partial charge in [0.05, 0.1) is 0 Å². The number of carboxylic acids is 1. The van der Waals surface area contributed by atoms with Crippen LogP contribution in [0.25, 0.3) is 6.08 Å². The van der Waals surface area contributed by atoms with Crippen molar-refractivity contribution in [3.8, 4) is 0 Å². The average molecular weight is 218 g/mol. The van der Waals surface area contributed by atoms with Crippen LogP contribution in [0.15, 0.2) is 30.3 Å². The molecule has 1 aromatic carbocycles. The summed E-state index contributed by atoms with van der Waals surface area (Å²) in [4.78, 5) is 10.3. The largest absolute Gasteiger partial charge is 0.478 e. The number of aryl methyl sites for hydroxylation is 1. The van der Waals surface area contributed by atoms with Crippen molar-refractivity contribution in [2.45, 2.75) is 32.6 Å². The van der Waals surface area contributed by atoms with E-state index in [0.717, 1.165) is 18.1 Å². The van der Waals surface area contributed by atoms with E-state index in [1.54, 1.807) is 6.08 Å². The molecule has 2 heteroatoms. The van der Waals surface area contributed by atoms with E-state index in [1.165, 1.54) is 24.8 Å². The number of unbranched alkanes of at least 4 members (excludes halogenated alkanes) is 2. The topological polar surface area (TPSA) is 37.3 Å². The zero-order valence-corrected chi connectivity index (χ0v) is 9.65. The second-order valence-electron chi connectivity index (χ2n) is 3.87. The van der Waals surface area contributed by atoms with Crippen LogP contribution in [0.5, 0.6) is 0 Å². The molecule has 0 atom stereocenters. The van der Waals surface area contributed by atoms with Gasteiger partial charge in [-0.1, -0.05) is 44.0 Å². The van der Waals surface area contributed by atoms with E-state index in [4.69, 9.17) is 5.11 Å². The van der Waals surface area contributed by atoms with Gasteiger partial charge in [0.25, 0.3) is 0 Å². The molecule has 0 aliphatic heterocycles. The molecule has 1 aromatic rings. The zero-order valence-electron chi connectivity index (χ0n) is 9.65. The second-order valence-corrected chi connectivity index (χ2v) is 3.87. The molecule has 0 aliphatic rings. The summed E-state index contributed by atoms with van der Waals surface area (Å²) in [6.07, 6.45) is 7.60. The summed E-state index contributed by atoms with van der Waals surface area (Å²) in [6.45, 7) is 2.19. The average Bonchev–Trinajstić information content (AvgIpc) is 2.28. The van der Waals surface area contributed by atoms with Gasteiger partial charge in [-0.05, 0) is 30.0 Å². The minimum Gasteiger partial charge on any atom is -0.478 e. The van der Waals surface area contributed by atoms with E-state index in [-0.39, 0.29) is 0 Å². The molecule has 2 nitrogen and oxygen atoms in total. The molecule has 0 aliphatic carbocycles. The summed E-state index contributed by atoms with van der Waals surface area (Å²) in [6, 6.07) is 8.05. The van der Waals surface area contributed by atoms with Gasteiger partial charge >= 0.3 is 5.97 Å². The van der Waals surface area contributed by atoms with Gasteiger partial charge in [-0.3, -0.25) is 0 Å². The first-order valence-corrected chi connectivity index (χ1v) is 5.72. The van der Waals surface area contributed by atoms with Gasteiger partial charge in [0.2, 0.25) is 0 Å². The van der Waals surface area contributed by atoms with Crippen molar-refractivity contribution in [2.75, 3.05) is 0 Å². The molecular weight excluding hydrogens is 200 g/mol. The van der Waals surface area contributed by atoms with Crippen molar-refractivity contribution < 1.29 is 9.90 Å². The molecule has 0 fully saturated rings. The lowest BCUT2D eigenvalue weighted by Crippen LogP contribution is -1.87. The molecule has 0 saturated heterocycles. The molecule has 0 amide bonds. The molecule has 1 N–H and O–H groups in total. The monoisotopic (exact) mass is 218 g/mol. The highest BCUT2D eigenvalue weighted by Crippen LogP contribution is 2.09. The summed E-state index contributed by atoms with van der Waals surface area (Å²) in [7, 11) is 0. The Hall–Kier alpha value is -1.57. The van der Waals surface area contributed by atoms with E-state index in [1.807, 2.05) is 12.1 Å². The van der Waals surface area contributed by atoms with Gasteiger partial charge in [-0.15, -0.1) is 0 Å². The lowest BCUT2D eigenvalue weighted by Gasteiger charge is -2.01. The molecule has 0 aromatic heterocycles. The highest BCUT2D eigenvalue weighted by Gasteiger charge is 1.93. The second kappa shape index (κ2) is 6.83. The molecule has 0 saturated carbocycles. The summed E-state index contributed by atoms with van der Waals surface area (Å²) in [5.74, 6) is -0.910. The van der Waals surface area contributed by atoms with E-state index < -0.39 is 5.97 Å². The van der Waals surface area contributed by atoms with E-state index >= 15 is 0 Å². The molecular formula is C14H18O2. The van der Waals surface area contributed by atoms with Gasteiger partial charge in [0.1, 0.15) is 0 Å². The molecule has 0 unspecified atom stereocenters. The van der Waals surface area contributed by atoms with Crippen molar-refractivity contribution in [3.63, 3.8) is 0 Å². The van der Waals surface area contributed by atoms with Crippen molar-refractivity contribution in [3.05, 3.63) is 41.5 Å². The van der Waals surface area contributed by atoms with Crippen molar-refractivity contribution in [1.82, 2.24) is 0 Å². The molecule has 86 valence electrons. The Kier molecular flexibility index (Phi) is 5.34. The third-order valence-corrected chi connectivity index (χ3v) is 2.47. The number of hydrogen-bond donors (Lipinski definition) is 1. The number of benzene rings is 1.